The van der Waals surface area contributed by atoms with E-state index in [0.29, 0.717) is 0 Å². The fraction of sp³-hybridized carbons (Fsp3) is 0.273. The van der Waals surface area contributed by atoms with Gasteiger partial charge in [-0.3, -0.25) is 9.59 Å². The molecule has 1 unspecified atom stereocenters. The smallest absolute Gasteiger partial charge is 0.246 e. The van der Waals surface area contributed by atoms with Crippen LogP contribution in [0.3, 0.4) is 0 Å². The minimum Gasteiger partial charge on any atom is -0.357 e. The number of likely N-dealkylation sites (N-methyl/N-ethyl adjacent to an activating group) is 1. The predicted molar refractivity (Wildman–Crippen MR) is 57.0 cm³/mol. The van der Waals surface area contributed by atoms with Gasteiger partial charge >= 0.3 is 0 Å². The second-order valence-corrected chi connectivity index (χ2v) is 3.42. The predicted octanol–water partition coefficient (Wildman–Crippen LogP) is 0.888. The van der Waals surface area contributed by atoms with Gasteiger partial charge in [-0.05, 0) is 17.7 Å². The summed E-state index contributed by atoms with van der Waals surface area (Å²) in [5.74, 6) is -3.02. The highest BCUT2D eigenvalue weighted by molar-refractivity contribution is 5.87. The van der Waals surface area contributed by atoms with Crippen molar-refractivity contribution in [3.63, 3.8) is 0 Å². The highest BCUT2D eigenvalue weighted by Gasteiger charge is 2.21. The monoisotopic (exact) mass is 242 g/mol. The van der Waals surface area contributed by atoms with Crippen LogP contribution in [0, 0.1) is 11.6 Å². The van der Waals surface area contributed by atoms with Crippen molar-refractivity contribution in [1.82, 2.24) is 10.6 Å². The van der Waals surface area contributed by atoms with Crippen molar-refractivity contribution in [3.05, 3.63) is 35.4 Å². The van der Waals surface area contributed by atoms with Crippen LogP contribution in [0.25, 0.3) is 0 Å². The molecule has 0 heterocycles. The molecule has 6 heteroatoms. The Morgan fingerprint density at radius 3 is 2.35 bits per heavy atom. The third-order valence-electron chi connectivity index (χ3n) is 2.13. The van der Waals surface area contributed by atoms with Crippen molar-refractivity contribution in [2.24, 2.45) is 0 Å². The van der Waals surface area contributed by atoms with E-state index in [-0.39, 0.29) is 5.56 Å². The zero-order valence-corrected chi connectivity index (χ0v) is 9.38. The lowest BCUT2D eigenvalue weighted by molar-refractivity contribution is -0.127. The molecule has 2 N–H and O–H groups in total. The SMILES string of the molecule is CNC(=O)C(NC(C)=O)c1ccc(F)c(F)c1. The Kier molecular flexibility index (Phi) is 4.14. The lowest BCUT2D eigenvalue weighted by atomic mass is 10.1. The highest BCUT2D eigenvalue weighted by atomic mass is 19.2. The van der Waals surface area contributed by atoms with Crippen molar-refractivity contribution >= 4 is 11.8 Å². The molecule has 17 heavy (non-hydrogen) atoms. The molecule has 0 fully saturated rings. The Morgan fingerprint density at radius 2 is 1.88 bits per heavy atom. The zero-order valence-electron chi connectivity index (χ0n) is 9.38. The lowest BCUT2D eigenvalue weighted by Gasteiger charge is -2.16. The van der Waals surface area contributed by atoms with Crippen LogP contribution in [0.5, 0.6) is 0 Å². The first-order valence-electron chi connectivity index (χ1n) is 4.89. The topological polar surface area (TPSA) is 58.2 Å². The maximum atomic E-state index is 13.0. The summed E-state index contributed by atoms with van der Waals surface area (Å²) in [5, 5.41) is 4.69. The summed E-state index contributed by atoms with van der Waals surface area (Å²) in [4.78, 5) is 22.4. The summed E-state index contributed by atoms with van der Waals surface area (Å²) in [6.07, 6.45) is 0. The number of carbonyl (C=O) groups is 2. The van der Waals surface area contributed by atoms with Crippen LogP contribution < -0.4 is 10.6 Å². The molecule has 92 valence electrons. The molecular formula is C11H12F2N2O2. The molecule has 1 rings (SSSR count). The summed E-state index contributed by atoms with van der Waals surface area (Å²) in [6, 6.07) is 1.99. The second-order valence-electron chi connectivity index (χ2n) is 3.42. The maximum Gasteiger partial charge on any atom is 0.246 e. The Balaban J connectivity index is 3.07. The molecule has 4 nitrogen and oxygen atoms in total. The molecule has 0 spiro atoms. The van der Waals surface area contributed by atoms with Gasteiger partial charge in [0.2, 0.25) is 11.8 Å². The van der Waals surface area contributed by atoms with Crippen LogP contribution in [0.1, 0.15) is 18.5 Å². The number of benzene rings is 1. The lowest BCUT2D eigenvalue weighted by Crippen LogP contribution is -2.38. The molecule has 0 aromatic heterocycles. The Labute approximate surface area is 97.0 Å². The van der Waals surface area contributed by atoms with Crippen molar-refractivity contribution in [2.75, 3.05) is 7.05 Å². The van der Waals surface area contributed by atoms with Crippen molar-refractivity contribution in [1.29, 1.82) is 0 Å². The molecule has 0 aliphatic rings. The minimum absolute atomic E-state index is 0.179. The average molecular weight is 242 g/mol. The van der Waals surface area contributed by atoms with Crippen molar-refractivity contribution in [2.45, 2.75) is 13.0 Å². The van der Waals surface area contributed by atoms with E-state index in [2.05, 4.69) is 10.6 Å². The van der Waals surface area contributed by atoms with Gasteiger partial charge < -0.3 is 10.6 Å². The zero-order chi connectivity index (χ0) is 13.0. The van der Waals surface area contributed by atoms with E-state index >= 15 is 0 Å². The first kappa shape index (κ1) is 13.1. The first-order valence-corrected chi connectivity index (χ1v) is 4.89. The normalized spacial score (nSPS) is 11.8. The highest BCUT2D eigenvalue weighted by Crippen LogP contribution is 2.16. The van der Waals surface area contributed by atoms with Crippen LogP contribution in [-0.2, 0) is 9.59 Å². The number of carbonyl (C=O) groups excluding carboxylic acids is 2. The number of hydrogen-bond acceptors (Lipinski definition) is 2. The first-order chi connectivity index (χ1) is 7.95. The molecule has 1 aromatic carbocycles. The Morgan fingerprint density at radius 1 is 1.24 bits per heavy atom. The van der Waals surface area contributed by atoms with Gasteiger partial charge in [0.05, 0.1) is 0 Å². The van der Waals surface area contributed by atoms with E-state index in [1.165, 1.54) is 20.0 Å². The van der Waals surface area contributed by atoms with E-state index in [9.17, 15) is 18.4 Å². The van der Waals surface area contributed by atoms with Crippen LogP contribution in [0.15, 0.2) is 18.2 Å². The summed E-state index contributed by atoms with van der Waals surface area (Å²) >= 11 is 0. The molecule has 2 amide bonds. The summed E-state index contributed by atoms with van der Waals surface area (Å²) in [5.41, 5.74) is 0.179. The van der Waals surface area contributed by atoms with E-state index in [1.807, 2.05) is 0 Å². The van der Waals surface area contributed by atoms with Crippen LogP contribution in [-0.4, -0.2) is 18.9 Å². The molecule has 0 aliphatic carbocycles. The van der Waals surface area contributed by atoms with Crippen molar-refractivity contribution in [3.8, 4) is 0 Å². The molecule has 0 saturated carbocycles. The number of nitrogens with one attached hydrogen (secondary N) is 2. The number of hydrogen-bond donors (Lipinski definition) is 2. The van der Waals surface area contributed by atoms with Gasteiger partial charge in [0, 0.05) is 14.0 Å². The number of amides is 2. The summed E-state index contributed by atoms with van der Waals surface area (Å²) in [6.45, 7) is 1.23. The van der Waals surface area contributed by atoms with Gasteiger partial charge in [-0.15, -0.1) is 0 Å². The second kappa shape index (κ2) is 5.38. The third kappa shape index (κ3) is 3.24. The van der Waals surface area contributed by atoms with Crippen LogP contribution in [0.4, 0.5) is 8.78 Å². The van der Waals surface area contributed by atoms with Gasteiger partial charge in [0.15, 0.2) is 11.6 Å². The van der Waals surface area contributed by atoms with Gasteiger partial charge in [-0.2, -0.15) is 0 Å². The van der Waals surface area contributed by atoms with Crippen LogP contribution >= 0.6 is 0 Å². The Hall–Kier alpha value is -1.98. The summed E-state index contributed by atoms with van der Waals surface area (Å²) < 4.78 is 25.8. The van der Waals surface area contributed by atoms with Gasteiger partial charge in [0.25, 0.3) is 0 Å². The fourth-order valence-corrected chi connectivity index (χ4v) is 1.34. The third-order valence-corrected chi connectivity index (χ3v) is 2.13. The molecule has 0 aliphatic heterocycles. The van der Waals surface area contributed by atoms with Gasteiger partial charge in [-0.25, -0.2) is 8.78 Å². The average Bonchev–Trinajstić information content (AvgIpc) is 2.28. The fourth-order valence-electron chi connectivity index (χ4n) is 1.34. The minimum atomic E-state index is -1.07. The van der Waals surface area contributed by atoms with E-state index < -0.39 is 29.5 Å². The molecule has 0 bridgehead atoms. The number of rotatable bonds is 3. The van der Waals surface area contributed by atoms with E-state index in [0.717, 1.165) is 12.1 Å². The molecule has 0 saturated heterocycles. The molecular weight excluding hydrogens is 230 g/mol. The van der Waals surface area contributed by atoms with Gasteiger partial charge in [0.1, 0.15) is 6.04 Å². The van der Waals surface area contributed by atoms with Crippen LogP contribution in [0.2, 0.25) is 0 Å². The largest absolute Gasteiger partial charge is 0.357 e. The number of halogens is 2. The Bertz CT molecular complexity index is 449. The van der Waals surface area contributed by atoms with Crippen molar-refractivity contribution < 1.29 is 18.4 Å². The molecule has 0 radical (unpaired) electrons. The standard InChI is InChI=1S/C11H12F2N2O2/c1-6(16)15-10(11(17)14-2)7-3-4-8(12)9(13)5-7/h3-5,10H,1-2H3,(H,14,17)(H,15,16). The molecule has 1 atom stereocenters. The van der Waals surface area contributed by atoms with Gasteiger partial charge in [-0.1, -0.05) is 6.07 Å². The summed E-state index contributed by atoms with van der Waals surface area (Å²) in [7, 11) is 1.39. The quantitative estimate of drug-likeness (QED) is 0.827. The van der Waals surface area contributed by atoms with E-state index in [4.69, 9.17) is 0 Å². The maximum absolute atomic E-state index is 13.0. The van der Waals surface area contributed by atoms with E-state index in [1.54, 1.807) is 0 Å². The molecule has 1 aromatic rings.